The van der Waals surface area contributed by atoms with Crippen LogP contribution in [-0.4, -0.2) is 11.0 Å². The molecule has 2 aromatic rings. The SMILES string of the molecule is CC1(c2ccc(Cl)cc2)NC(=O)NC1c1ccc(Br)cn1. The third-order valence-corrected chi connectivity index (χ3v) is 4.44. The molecular formula is C15H13BrClN3O. The van der Waals surface area contributed by atoms with Gasteiger partial charge in [-0.3, -0.25) is 4.98 Å². The second-order valence-electron chi connectivity index (χ2n) is 5.14. The molecule has 2 heterocycles. The number of nitrogens with one attached hydrogen (secondary N) is 2. The highest BCUT2D eigenvalue weighted by Crippen LogP contribution is 2.38. The molecule has 2 unspecified atom stereocenters. The second-order valence-corrected chi connectivity index (χ2v) is 6.49. The van der Waals surface area contributed by atoms with Crippen LogP contribution >= 0.6 is 27.5 Å². The van der Waals surface area contributed by atoms with Crippen molar-refractivity contribution >= 4 is 33.6 Å². The first kappa shape index (κ1) is 14.4. The molecule has 108 valence electrons. The van der Waals surface area contributed by atoms with E-state index < -0.39 is 5.54 Å². The molecule has 0 radical (unpaired) electrons. The zero-order valence-electron chi connectivity index (χ0n) is 11.2. The topological polar surface area (TPSA) is 54.0 Å². The number of benzene rings is 1. The number of aromatic nitrogens is 1. The lowest BCUT2D eigenvalue weighted by Crippen LogP contribution is -2.39. The van der Waals surface area contributed by atoms with Gasteiger partial charge in [-0.15, -0.1) is 0 Å². The first-order valence-electron chi connectivity index (χ1n) is 6.45. The van der Waals surface area contributed by atoms with Crippen LogP contribution < -0.4 is 10.6 Å². The van der Waals surface area contributed by atoms with E-state index in [2.05, 4.69) is 31.5 Å². The molecule has 1 aliphatic rings. The Hall–Kier alpha value is -1.59. The van der Waals surface area contributed by atoms with Gasteiger partial charge in [-0.05, 0) is 52.7 Å². The van der Waals surface area contributed by atoms with Gasteiger partial charge in [0.2, 0.25) is 0 Å². The Bertz CT molecular complexity index is 674. The van der Waals surface area contributed by atoms with Crippen LogP contribution in [-0.2, 0) is 5.54 Å². The number of hydrogen-bond donors (Lipinski definition) is 2. The molecule has 1 aromatic heterocycles. The lowest BCUT2D eigenvalue weighted by Gasteiger charge is -2.30. The molecule has 0 bridgehead atoms. The van der Waals surface area contributed by atoms with Gasteiger partial charge in [0.1, 0.15) is 0 Å². The molecule has 3 rings (SSSR count). The molecule has 0 spiro atoms. The number of nitrogens with zero attached hydrogens (tertiary/aromatic N) is 1. The van der Waals surface area contributed by atoms with Gasteiger partial charge >= 0.3 is 6.03 Å². The summed E-state index contributed by atoms with van der Waals surface area (Å²) in [7, 11) is 0. The molecule has 2 amide bonds. The first-order valence-corrected chi connectivity index (χ1v) is 7.62. The molecule has 2 atom stereocenters. The molecule has 4 nitrogen and oxygen atoms in total. The molecule has 6 heteroatoms. The quantitative estimate of drug-likeness (QED) is 0.850. The number of hydrogen-bond acceptors (Lipinski definition) is 2. The smallest absolute Gasteiger partial charge is 0.316 e. The predicted molar refractivity (Wildman–Crippen MR) is 85.1 cm³/mol. The van der Waals surface area contributed by atoms with E-state index in [4.69, 9.17) is 11.6 Å². The van der Waals surface area contributed by atoms with Crippen molar-refractivity contribution in [1.82, 2.24) is 15.6 Å². The third kappa shape index (κ3) is 2.63. The molecule has 1 saturated heterocycles. The van der Waals surface area contributed by atoms with E-state index in [0.29, 0.717) is 5.02 Å². The Labute approximate surface area is 136 Å². The molecule has 1 aliphatic heterocycles. The van der Waals surface area contributed by atoms with Crippen LogP contribution in [0.25, 0.3) is 0 Å². The third-order valence-electron chi connectivity index (χ3n) is 3.72. The van der Waals surface area contributed by atoms with Crippen LogP contribution in [0.5, 0.6) is 0 Å². The largest absolute Gasteiger partial charge is 0.327 e. The van der Waals surface area contributed by atoms with Gasteiger partial charge < -0.3 is 10.6 Å². The van der Waals surface area contributed by atoms with Crippen LogP contribution in [0.2, 0.25) is 5.02 Å². The minimum atomic E-state index is -0.581. The number of carbonyl (C=O) groups excluding carboxylic acids is 1. The standard InChI is InChI=1S/C15H13BrClN3O/c1-15(9-2-5-11(17)6-3-9)13(19-14(21)20-15)12-7-4-10(16)8-18-12/h2-8,13H,1H3,(H2,19,20,21). The van der Waals surface area contributed by atoms with E-state index in [1.54, 1.807) is 6.20 Å². The highest BCUT2D eigenvalue weighted by atomic mass is 79.9. The van der Waals surface area contributed by atoms with E-state index >= 15 is 0 Å². The maximum Gasteiger partial charge on any atom is 0.316 e. The molecule has 1 aromatic carbocycles. The van der Waals surface area contributed by atoms with Gasteiger partial charge in [0.25, 0.3) is 0 Å². The Morgan fingerprint density at radius 1 is 1.24 bits per heavy atom. The van der Waals surface area contributed by atoms with Crippen LogP contribution in [0.4, 0.5) is 4.79 Å². The summed E-state index contributed by atoms with van der Waals surface area (Å²) in [6.07, 6.45) is 1.72. The molecule has 1 fully saturated rings. The fraction of sp³-hybridized carbons (Fsp3) is 0.200. The summed E-state index contributed by atoms with van der Waals surface area (Å²) in [5, 5.41) is 6.58. The van der Waals surface area contributed by atoms with Gasteiger partial charge in [-0.25, -0.2) is 4.79 Å². The van der Waals surface area contributed by atoms with Crippen molar-refractivity contribution in [2.75, 3.05) is 0 Å². The first-order chi connectivity index (χ1) is 9.99. The van der Waals surface area contributed by atoms with Crippen molar-refractivity contribution in [2.45, 2.75) is 18.5 Å². The summed E-state index contributed by atoms with van der Waals surface area (Å²) < 4.78 is 0.900. The van der Waals surface area contributed by atoms with Gasteiger partial charge in [0.05, 0.1) is 17.3 Å². The summed E-state index contributed by atoms with van der Waals surface area (Å²) in [5.41, 5.74) is 1.19. The Morgan fingerprint density at radius 3 is 2.57 bits per heavy atom. The minimum Gasteiger partial charge on any atom is -0.327 e. The summed E-state index contributed by atoms with van der Waals surface area (Å²) >= 11 is 9.31. The predicted octanol–water partition coefficient (Wildman–Crippen LogP) is 3.77. The lowest BCUT2D eigenvalue weighted by molar-refractivity contribution is 0.245. The fourth-order valence-corrected chi connectivity index (χ4v) is 2.94. The van der Waals surface area contributed by atoms with E-state index in [1.165, 1.54) is 0 Å². The Balaban J connectivity index is 2.04. The summed E-state index contributed by atoms with van der Waals surface area (Å²) in [5.74, 6) is 0. The number of halogens is 2. The van der Waals surface area contributed by atoms with Crippen LogP contribution in [0, 0.1) is 0 Å². The number of carbonyl (C=O) groups is 1. The normalized spacial score (nSPS) is 24.5. The van der Waals surface area contributed by atoms with Crippen LogP contribution in [0.1, 0.15) is 24.2 Å². The molecule has 0 aliphatic carbocycles. The highest BCUT2D eigenvalue weighted by molar-refractivity contribution is 9.10. The molecule has 2 N–H and O–H groups in total. The van der Waals surface area contributed by atoms with E-state index in [1.807, 2.05) is 43.3 Å². The van der Waals surface area contributed by atoms with E-state index in [-0.39, 0.29) is 12.1 Å². The average molecular weight is 367 g/mol. The second kappa shape index (κ2) is 5.31. The van der Waals surface area contributed by atoms with Crippen LogP contribution in [0.15, 0.2) is 47.1 Å². The Morgan fingerprint density at radius 2 is 1.95 bits per heavy atom. The van der Waals surface area contributed by atoms with Crippen molar-refractivity contribution in [3.05, 3.63) is 63.3 Å². The zero-order chi connectivity index (χ0) is 15.0. The summed E-state index contributed by atoms with van der Waals surface area (Å²) in [6, 6.07) is 10.8. The maximum atomic E-state index is 11.9. The lowest BCUT2D eigenvalue weighted by atomic mass is 9.84. The summed E-state index contributed by atoms with van der Waals surface area (Å²) in [6.45, 7) is 1.97. The number of amides is 2. The van der Waals surface area contributed by atoms with Crippen LogP contribution in [0.3, 0.4) is 0 Å². The molecule has 0 saturated carbocycles. The molecular weight excluding hydrogens is 354 g/mol. The zero-order valence-corrected chi connectivity index (χ0v) is 13.6. The van der Waals surface area contributed by atoms with E-state index in [9.17, 15) is 4.79 Å². The number of pyridine rings is 1. The average Bonchev–Trinajstić information content (AvgIpc) is 2.76. The van der Waals surface area contributed by atoms with Crippen molar-refractivity contribution in [3.63, 3.8) is 0 Å². The van der Waals surface area contributed by atoms with Gasteiger partial charge in [-0.2, -0.15) is 0 Å². The van der Waals surface area contributed by atoms with E-state index in [0.717, 1.165) is 15.7 Å². The number of rotatable bonds is 2. The van der Waals surface area contributed by atoms with Crippen molar-refractivity contribution in [1.29, 1.82) is 0 Å². The number of urea groups is 1. The maximum absolute atomic E-state index is 11.9. The van der Waals surface area contributed by atoms with Crippen molar-refractivity contribution < 1.29 is 4.79 Å². The summed E-state index contributed by atoms with van der Waals surface area (Å²) in [4.78, 5) is 16.3. The van der Waals surface area contributed by atoms with Gasteiger partial charge in [0.15, 0.2) is 0 Å². The van der Waals surface area contributed by atoms with Gasteiger partial charge in [0, 0.05) is 15.7 Å². The molecule has 21 heavy (non-hydrogen) atoms. The Kier molecular flexibility index (Phi) is 3.63. The van der Waals surface area contributed by atoms with Crippen molar-refractivity contribution in [2.24, 2.45) is 0 Å². The monoisotopic (exact) mass is 365 g/mol. The van der Waals surface area contributed by atoms with Crippen molar-refractivity contribution in [3.8, 4) is 0 Å². The van der Waals surface area contributed by atoms with Gasteiger partial charge in [-0.1, -0.05) is 23.7 Å². The fourth-order valence-electron chi connectivity index (χ4n) is 2.58. The minimum absolute atomic E-state index is 0.206. The highest BCUT2D eigenvalue weighted by Gasteiger charge is 2.45.